The number of rotatable bonds is 6. The van der Waals surface area contributed by atoms with Crippen molar-refractivity contribution < 1.29 is 19.3 Å². The van der Waals surface area contributed by atoms with Crippen molar-refractivity contribution in [1.29, 1.82) is 0 Å². The minimum atomic E-state index is -0.931. The van der Waals surface area contributed by atoms with Crippen LogP contribution in [0, 0.1) is 13.8 Å². The van der Waals surface area contributed by atoms with Gasteiger partial charge in [0, 0.05) is 18.1 Å². The SMILES string of the molecule is CCCCON1CCC2(CC1)C(=O)C(c1c(C)cc(Cl)cc1C)C(=O)N2OC. The molecule has 2 aliphatic rings. The van der Waals surface area contributed by atoms with Crippen molar-refractivity contribution in [3.05, 3.63) is 33.8 Å². The number of Topliss-reactive ketones (excluding diaryl/α,β-unsaturated/α-hetero) is 1. The fraction of sp³-hybridized carbons (Fsp3) is 0.619. The summed E-state index contributed by atoms with van der Waals surface area (Å²) < 4.78 is 0. The molecule has 7 heteroatoms. The van der Waals surface area contributed by atoms with Gasteiger partial charge in [-0.05, 0) is 61.9 Å². The van der Waals surface area contributed by atoms with Gasteiger partial charge in [0.15, 0.2) is 5.78 Å². The van der Waals surface area contributed by atoms with E-state index in [0.29, 0.717) is 37.6 Å². The summed E-state index contributed by atoms with van der Waals surface area (Å²) in [6.45, 7) is 7.76. The molecular formula is C21H29ClN2O4. The minimum Gasteiger partial charge on any atom is -0.299 e. The van der Waals surface area contributed by atoms with E-state index >= 15 is 0 Å². The van der Waals surface area contributed by atoms with Crippen LogP contribution in [0.2, 0.25) is 5.02 Å². The van der Waals surface area contributed by atoms with Gasteiger partial charge < -0.3 is 0 Å². The summed E-state index contributed by atoms with van der Waals surface area (Å²) in [7, 11) is 1.46. The van der Waals surface area contributed by atoms with Crippen molar-refractivity contribution in [3.63, 3.8) is 0 Å². The quantitative estimate of drug-likeness (QED) is 0.532. The molecule has 0 aliphatic carbocycles. The van der Waals surface area contributed by atoms with Gasteiger partial charge in [-0.2, -0.15) is 5.06 Å². The molecule has 154 valence electrons. The summed E-state index contributed by atoms with van der Waals surface area (Å²) in [5.41, 5.74) is 1.52. The molecule has 0 bridgehead atoms. The summed E-state index contributed by atoms with van der Waals surface area (Å²) in [5, 5.41) is 3.82. The van der Waals surface area contributed by atoms with Gasteiger partial charge in [0.2, 0.25) is 0 Å². The van der Waals surface area contributed by atoms with E-state index in [-0.39, 0.29) is 11.7 Å². The van der Waals surface area contributed by atoms with Crippen LogP contribution in [0.25, 0.3) is 0 Å². The first-order chi connectivity index (χ1) is 13.4. The van der Waals surface area contributed by atoms with Gasteiger partial charge in [-0.15, -0.1) is 0 Å². The highest BCUT2D eigenvalue weighted by Crippen LogP contribution is 2.44. The number of hydrogen-bond acceptors (Lipinski definition) is 5. The molecule has 3 rings (SSSR count). The molecule has 28 heavy (non-hydrogen) atoms. The third-order valence-electron chi connectivity index (χ3n) is 5.91. The van der Waals surface area contributed by atoms with Gasteiger partial charge >= 0.3 is 0 Å². The van der Waals surface area contributed by atoms with Crippen LogP contribution >= 0.6 is 11.6 Å². The van der Waals surface area contributed by atoms with Crippen LogP contribution in [0.5, 0.6) is 0 Å². The number of carbonyl (C=O) groups is 2. The second-order valence-electron chi connectivity index (χ2n) is 7.71. The van der Waals surface area contributed by atoms with Crippen molar-refractivity contribution >= 4 is 23.3 Å². The van der Waals surface area contributed by atoms with Gasteiger partial charge in [0.25, 0.3) is 5.91 Å². The Hall–Kier alpha value is -1.47. The van der Waals surface area contributed by atoms with Crippen LogP contribution in [0.15, 0.2) is 12.1 Å². The number of carbonyl (C=O) groups excluding carboxylic acids is 2. The molecule has 2 aliphatic heterocycles. The number of aryl methyl sites for hydroxylation is 2. The van der Waals surface area contributed by atoms with E-state index in [0.717, 1.165) is 29.5 Å². The van der Waals surface area contributed by atoms with Crippen LogP contribution in [-0.4, -0.2) is 54.2 Å². The van der Waals surface area contributed by atoms with Crippen LogP contribution in [-0.2, 0) is 19.3 Å². The lowest BCUT2D eigenvalue weighted by Crippen LogP contribution is -2.56. The van der Waals surface area contributed by atoms with Crippen molar-refractivity contribution in [2.75, 3.05) is 26.8 Å². The third-order valence-corrected chi connectivity index (χ3v) is 6.13. The van der Waals surface area contributed by atoms with E-state index in [2.05, 4.69) is 6.92 Å². The molecule has 1 spiro atoms. The Morgan fingerprint density at radius 3 is 2.32 bits per heavy atom. The first kappa shape index (κ1) is 21.2. The molecular weight excluding hydrogens is 380 g/mol. The molecule has 1 aromatic carbocycles. The van der Waals surface area contributed by atoms with Crippen LogP contribution in [0.1, 0.15) is 55.2 Å². The number of piperidine rings is 1. The number of halogens is 1. The van der Waals surface area contributed by atoms with Gasteiger partial charge in [0.05, 0.1) is 13.7 Å². The molecule has 0 radical (unpaired) electrons. The van der Waals surface area contributed by atoms with Crippen molar-refractivity contribution in [1.82, 2.24) is 10.1 Å². The smallest absolute Gasteiger partial charge is 0.262 e. The van der Waals surface area contributed by atoms with Crippen molar-refractivity contribution in [2.24, 2.45) is 0 Å². The van der Waals surface area contributed by atoms with Crippen molar-refractivity contribution in [2.45, 2.75) is 57.9 Å². The Kier molecular flexibility index (Phi) is 6.44. The first-order valence-corrected chi connectivity index (χ1v) is 10.3. The molecule has 1 unspecified atom stereocenters. The van der Waals surface area contributed by atoms with Gasteiger partial charge in [-0.25, -0.2) is 5.06 Å². The molecule has 0 saturated carbocycles. The zero-order valence-electron chi connectivity index (χ0n) is 17.1. The predicted molar refractivity (Wildman–Crippen MR) is 107 cm³/mol. The van der Waals surface area contributed by atoms with Gasteiger partial charge in [-0.3, -0.25) is 19.3 Å². The molecule has 0 N–H and O–H groups in total. The number of amides is 1. The summed E-state index contributed by atoms with van der Waals surface area (Å²) in [5.74, 6) is -1.22. The topological polar surface area (TPSA) is 59.1 Å². The first-order valence-electron chi connectivity index (χ1n) is 9.92. The lowest BCUT2D eigenvalue weighted by Gasteiger charge is -2.41. The highest BCUT2D eigenvalue weighted by Gasteiger charge is 2.60. The van der Waals surface area contributed by atoms with Gasteiger partial charge in [0.1, 0.15) is 11.5 Å². The number of nitrogens with zero attached hydrogens (tertiary/aromatic N) is 2. The number of unbranched alkanes of at least 4 members (excludes halogenated alkanes) is 1. The summed E-state index contributed by atoms with van der Waals surface area (Å²) >= 11 is 6.14. The maximum absolute atomic E-state index is 13.6. The summed E-state index contributed by atoms with van der Waals surface area (Å²) in [6, 6.07) is 3.60. The molecule has 6 nitrogen and oxygen atoms in total. The van der Waals surface area contributed by atoms with E-state index in [9.17, 15) is 9.59 Å². The third kappa shape index (κ3) is 3.59. The zero-order chi connectivity index (χ0) is 20.5. The summed E-state index contributed by atoms with van der Waals surface area (Å²) in [6.07, 6.45) is 3.07. The van der Waals surface area contributed by atoms with E-state index in [4.69, 9.17) is 21.3 Å². The number of ketones is 1. The maximum atomic E-state index is 13.6. The largest absolute Gasteiger partial charge is 0.299 e. The molecule has 1 atom stereocenters. The Morgan fingerprint density at radius 1 is 1.18 bits per heavy atom. The monoisotopic (exact) mass is 408 g/mol. The Labute approximate surface area is 171 Å². The Bertz CT molecular complexity index is 736. The average Bonchev–Trinajstić information content (AvgIpc) is 2.84. The normalized spacial score (nSPS) is 22.5. The second kappa shape index (κ2) is 8.49. The standard InChI is InChI=1S/C21H29ClN2O4/c1-5-6-11-28-23-9-7-21(8-10-23)19(25)18(20(26)24(21)27-4)17-14(2)12-16(22)13-15(17)3/h12-13,18H,5-11H2,1-4H3. The maximum Gasteiger partial charge on any atom is 0.262 e. The lowest BCUT2D eigenvalue weighted by atomic mass is 9.79. The molecule has 1 aromatic rings. The van der Waals surface area contributed by atoms with Gasteiger partial charge in [-0.1, -0.05) is 24.9 Å². The highest BCUT2D eigenvalue weighted by atomic mass is 35.5. The van der Waals surface area contributed by atoms with E-state index < -0.39 is 11.5 Å². The Morgan fingerprint density at radius 2 is 1.79 bits per heavy atom. The molecule has 0 aromatic heterocycles. The predicted octanol–water partition coefficient (Wildman–Crippen LogP) is 3.58. The highest BCUT2D eigenvalue weighted by molar-refractivity contribution is 6.30. The summed E-state index contributed by atoms with van der Waals surface area (Å²) in [4.78, 5) is 38.0. The lowest BCUT2D eigenvalue weighted by molar-refractivity contribution is -0.226. The number of hydroxylamine groups is 4. The zero-order valence-corrected chi connectivity index (χ0v) is 17.8. The number of hydrogen-bond donors (Lipinski definition) is 0. The fourth-order valence-electron chi connectivity index (χ4n) is 4.48. The second-order valence-corrected chi connectivity index (χ2v) is 8.15. The van der Waals surface area contributed by atoms with Crippen LogP contribution in [0.4, 0.5) is 0 Å². The molecule has 1 amide bonds. The van der Waals surface area contributed by atoms with Crippen molar-refractivity contribution in [3.8, 4) is 0 Å². The van der Waals surface area contributed by atoms with E-state index in [1.54, 1.807) is 12.1 Å². The number of benzene rings is 1. The average molecular weight is 409 g/mol. The van der Waals surface area contributed by atoms with E-state index in [1.807, 2.05) is 18.9 Å². The molecule has 2 heterocycles. The molecule has 2 fully saturated rings. The Balaban J connectivity index is 1.87. The van der Waals surface area contributed by atoms with Crippen LogP contribution in [0.3, 0.4) is 0 Å². The molecule has 2 saturated heterocycles. The minimum absolute atomic E-state index is 0.0823. The fourth-order valence-corrected chi connectivity index (χ4v) is 4.81. The van der Waals surface area contributed by atoms with Crippen LogP contribution < -0.4 is 0 Å². The van der Waals surface area contributed by atoms with E-state index in [1.165, 1.54) is 12.2 Å².